The van der Waals surface area contributed by atoms with E-state index in [2.05, 4.69) is 0 Å². The fourth-order valence-corrected chi connectivity index (χ4v) is 4.66. The number of thioether (sulfide) groups is 1. The van der Waals surface area contributed by atoms with E-state index in [9.17, 15) is 4.79 Å². The summed E-state index contributed by atoms with van der Waals surface area (Å²) in [6, 6.07) is 16.6. The lowest BCUT2D eigenvalue weighted by atomic mass is 10.2. The molecule has 4 nitrogen and oxygen atoms in total. The summed E-state index contributed by atoms with van der Waals surface area (Å²) in [6.45, 7) is 0. The summed E-state index contributed by atoms with van der Waals surface area (Å²) >= 11 is 19.1. The zero-order valence-electron chi connectivity index (χ0n) is 16.1. The van der Waals surface area contributed by atoms with Gasteiger partial charge in [0.2, 0.25) is 0 Å². The van der Waals surface area contributed by atoms with Gasteiger partial charge in [0.1, 0.15) is 11.5 Å². The van der Waals surface area contributed by atoms with Crippen LogP contribution in [0.2, 0.25) is 10.0 Å². The van der Waals surface area contributed by atoms with E-state index in [4.69, 9.17) is 39.8 Å². The standard InChI is InChI=1S/C22H16Cl2N2O2S2/c1-25(2)13-6-8-14(9-7-13)26-21(27)19(30-22(26)29)12-15-10-11-18(28-15)16-4-3-5-17(23)20(16)24/h3-12H,1-2H3/b19-12+. The Kier molecular flexibility index (Phi) is 5.93. The molecule has 4 rings (SSSR count). The lowest BCUT2D eigenvalue weighted by Gasteiger charge is -2.17. The van der Waals surface area contributed by atoms with Crippen LogP contribution in [0.5, 0.6) is 0 Å². The smallest absolute Gasteiger partial charge is 0.270 e. The topological polar surface area (TPSA) is 36.7 Å². The molecule has 1 fully saturated rings. The molecule has 1 saturated heterocycles. The van der Waals surface area contributed by atoms with Crippen molar-refractivity contribution in [3.63, 3.8) is 0 Å². The van der Waals surface area contributed by atoms with Gasteiger partial charge in [0.15, 0.2) is 4.32 Å². The van der Waals surface area contributed by atoms with Crippen LogP contribution in [0.3, 0.4) is 0 Å². The van der Waals surface area contributed by atoms with Gasteiger partial charge in [-0.15, -0.1) is 0 Å². The molecule has 0 N–H and O–H groups in total. The molecule has 2 heterocycles. The fourth-order valence-electron chi connectivity index (χ4n) is 2.99. The number of furan rings is 1. The predicted octanol–water partition coefficient (Wildman–Crippen LogP) is 6.73. The van der Waals surface area contributed by atoms with Crippen molar-refractivity contribution in [2.75, 3.05) is 23.9 Å². The molecular weight excluding hydrogens is 459 g/mol. The summed E-state index contributed by atoms with van der Waals surface area (Å²) in [4.78, 5) is 17.0. The molecule has 2 aromatic carbocycles. The number of nitrogens with zero attached hydrogens (tertiary/aromatic N) is 2. The zero-order valence-corrected chi connectivity index (χ0v) is 19.2. The van der Waals surface area contributed by atoms with Gasteiger partial charge in [-0.05, 0) is 48.5 Å². The summed E-state index contributed by atoms with van der Waals surface area (Å²) in [7, 11) is 3.93. The summed E-state index contributed by atoms with van der Waals surface area (Å²) in [5, 5.41) is 0.876. The van der Waals surface area contributed by atoms with Gasteiger partial charge in [0, 0.05) is 31.4 Å². The first-order chi connectivity index (χ1) is 14.3. The number of carbonyl (C=O) groups is 1. The number of carbonyl (C=O) groups excluding carboxylic acids is 1. The highest BCUT2D eigenvalue weighted by molar-refractivity contribution is 8.27. The van der Waals surface area contributed by atoms with Gasteiger partial charge in [-0.1, -0.05) is 53.2 Å². The van der Waals surface area contributed by atoms with Crippen LogP contribution in [-0.2, 0) is 4.79 Å². The minimum atomic E-state index is -0.179. The van der Waals surface area contributed by atoms with Crippen molar-refractivity contribution < 1.29 is 9.21 Å². The Labute approximate surface area is 194 Å². The molecule has 0 radical (unpaired) electrons. The van der Waals surface area contributed by atoms with Crippen LogP contribution in [0.25, 0.3) is 17.4 Å². The lowest BCUT2D eigenvalue weighted by molar-refractivity contribution is -0.113. The molecule has 1 amide bonds. The van der Waals surface area contributed by atoms with Crippen LogP contribution < -0.4 is 9.80 Å². The average Bonchev–Trinajstić information content (AvgIpc) is 3.28. The Morgan fingerprint density at radius 3 is 2.50 bits per heavy atom. The van der Waals surface area contributed by atoms with E-state index >= 15 is 0 Å². The third-order valence-corrected chi connectivity index (χ3v) is 6.66. The molecule has 152 valence electrons. The van der Waals surface area contributed by atoms with E-state index in [1.165, 1.54) is 16.7 Å². The molecule has 1 aliphatic rings. The number of anilines is 2. The first-order valence-electron chi connectivity index (χ1n) is 8.94. The van der Waals surface area contributed by atoms with E-state index in [-0.39, 0.29) is 5.91 Å². The molecule has 0 aliphatic carbocycles. The highest BCUT2D eigenvalue weighted by Crippen LogP contribution is 2.38. The van der Waals surface area contributed by atoms with Crippen molar-refractivity contribution in [3.8, 4) is 11.3 Å². The molecule has 1 aliphatic heterocycles. The summed E-state index contributed by atoms with van der Waals surface area (Å²) in [5.74, 6) is 0.925. The van der Waals surface area contributed by atoms with Gasteiger partial charge in [-0.3, -0.25) is 9.69 Å². The second-order valence-electron chi connectivity index (χ2n) is 6.73. The lowest BCUT2D eigenvalue weighted by Crippen LogP contribution is -2.27. The van der Waals surface area contributed by atoms with Gasteiger partial charge in [-0.2, -0.15) is 0 Å². The second kappa shape index (κ2) is 8.47. The molecule has 0 unspecified atom stereocenters. The maximum absolute atomic E-state index is 13.0. The molecule has 8 heteroatoms. The van der Waals surface area contributed by atoms with Crippen molar-refractivity contribution in [1.82, 2.24) is 0 Å². The van der Waals surface area contributed by atoms with Crippen LogP contribution in [0, 0.1) is 0 Å². The SMILES string of the molecule is CN(C)c1ccc(N2C(=O)/C(=C\c3ccc(-c4cccc(Cl)c4Cl)o3)SC2=S)cc1. The van der Waals surface area contributed by atoms with Gasteiger partial charge >= 0.3 is 0 Å². The Bertz CT molecular complexity index is 1170. The molecule has 0 saturated carbocycles. The fraction of sp³-hybridized carbons (Fsp3) is 0.0909. The quantitative estimate of drug-likeness (QED) is 0.309. The molecule has 0 spiro atoms. The largest absolute Gasteiger partial charge is 0.457 e. The zero-order chi connectivity index (χ0) is 21.4. The van der Waals surface area contributed by atoms with Crippen molar-refractivity contribution >= 4 is 74.9 Å². The Morgan fingerprint density at radius 2 is 1.80 bits per heavy atom. The molecular formula is C22H16Cl2N2O2S2. The normalized spacial score (nSPS) is 15.3. The second-order valence-corrected chi connectivity index (χ2v) is 9.19. The van der Waals surface area contributed by atoms with Crippen LogP contribution in [0.4, 0.5) is 11.4 Å². The number of halogens is 2. The molecule has 0 atom stereocenters. The molecule has 30 heavy (non-hydrogen) atoms. The number of benzene rings is 2. The van der Waals surface area contributed by atoms with Gasteiger partial charge in [0.25, 0.3) is 5.91 Å². The average molecular weight is 475 g/mol. The van der Waals surface area contributed by atoms with E-state index < -0.39 is 0 Å². The van der Waals surface area contributed by atoms with E-state index in [1.807, 2.05) is 49.3 Å². The number of amides is 1. The van der Waals surface area contributed by atoms with Gasteiger partial charge in [-0.25, -0.2) is 0 Å². The number of thiocarbonyl (C=S) groups is 1. The Morgan fingerprint density at radius 1 is 1.07 bits per heavy atom. The number of rotatable bonds is 4. The highest BCUT2D eigenvalue weighted by Gasteiger charge is 2.33. The van der Waals surface area contributed by atoms with Crippen LogP contribution in [-0.4, -0.2) is 24.3 Å². The maximum Gasteiger partial charge on any atom is 0.270 e. The molecule has 1 aromatic heterocycles. The third-order valence-electron chi connectivity index (χ3n) is 4.54. The monoisotopic (exact) mass is 474 g/mol. The first-order valence-corrected chi connectivity index (χ1v) is 10.9. The number of hydrogen-bond donors (Lipinski definition) is 0. The molecule has 3 aromatic rings. The maximum atomic E-state index is 13.0. The van der Waals surface area contributed by atoms with Crippen LogP contribution >= 0.6 is 47.2 Å². The number of hydrogen-bond acceptors (Lipinski definition) is 5. The van der Waals surface area contributed by atoms with Crippen molar-refractivity contribution in [2.45, 2.75) is 0 Å². The molecule has 0 bridgehead atoms. The van der Waals surface area contributed by atoms with E-state index in [1.54, 1.807) is 30.3 Å². The Hall–Kier alpha value is -2.25. The minimum Gasteiger partial charge on any atom is -0.457 e. The van der Waals surface area contributed by atoms with Gasteiger partial charge < -0.3 is 9.32 Å². The predicted molar refractivity (Wildman–Crippen MR) is 131 cm³/mol. The van der Waals surface area contributed by atoms with Crippen molar-refractivity contribution in [1.29, 1.82) is 0 Å². The van der Waals surface area contributed by atoms with Gasteiger partial charge in [0.05, 0.1) is 20.6 Å². The Balaban J connectivity index is 1.60. The summed E-state index contributed by atoms with van der Waals surface area (Å²) < 4.78 is 6.36. The van der Waals surface area contributed by atoms with E-state index in [0.29, 0.717) is 36.4 Å². The summed E-state index contributed by atoms with van der Waals surface area (Å²) in [5.41, 5.74) is 2.47. The van der Waals surface area contributed by atoms with E-state index in [0.717, 1.165) is 11.4 Å². The van der Waals surface area contributed by atoms with Crippen LogP contribution in [0.1, 0.15) is 5.76 Å². The van der Waals surface area contributed by atoms with Crippen molar-refractivity contribution in [3.05, 3.63) is 75.3 Å². The first kappa shape index (κ1) is 21.0. The third kappa shape index (κ3) is 4.01. The minimum absolute atomic E-state index is 0.179. The summed E-state index contributed by atoms with van der Waals surface area (Å²) in [6.07, 6.45) is 1.69. The van der Waals surface area contributed by atoms with Crippen molar-refractivity contribution in [2.24, 2.45) is 0 Å². The highest BCUT2D eigenvalue weighted by atomic mass is 35.5. The van der Waals surface area contributed by atoms with Crippen LogP contribution in [0.15, 0.2) is 63.9 Å².